The zero-order valence-electron chi connectivity index (χ0n) is 7.04. The van der Waals surface area contributed by atoms with Crippen molar-refractivity contribution < 1.29 is 0 Å². The van der Waals surface area contributed by atoms with Crippen LogP contribution in [0.15, 0.2) is 18.5 Å². The second-order valence-electron chi connectivity index (χ2n) is 3.54. The van der Waals surface area contributed by atoms with Gasteiger partial charge in [-0.15, -0.1) is 0 Å². The van der Waals surface area contributed by atoms with E-state index in [0.717, 1.165) is 5.92 Å². The minimum Gasteiger partial charge on any atom is -0.264 e. The molecule has 0 unspecified atom stereocenters. The van der Waals surface area contributed by atoms with E-state index >= 15 is 0 Å². The Morgan fingerprint density at radius 3 is 3.00 bits per heavy atom. The zero-order chi connectivity index (χ0) is 7.84. The SMILES string of the molecule is C[C@@H]1Cc2ccncc2[C@@H]1C. The van der Waals surface area contributed by atoms with E-state index in [-0.39, 0.29) is 0 Å². The quantitative estimate of drug-likeness (QED) is 0.549. The molecular formula is C10H13N. The first-order valence-corrected chi connectivity index (χ1v) is 4.22. The first-order valence-electron chi connectivity index (χ1n) is 4.22. The van der Waals surface area contributed by atoms with Crippen LogP contribution in [0.5, 0.6) is 0 Å². The van der Waals surface area contributed by atoms with E-state index in [1.807, 2.05) is 12.4 Å². The van der Waals surface area contributed by atoms with Crippen molar-refractivity contribution in [3.8, 4) is 0 Å². The van der Waals surface area contributed by atoms with Crippen LogP contribution in [0, 0.1) is 5.92 Å². The van der Waals surface area contributed by atoms with E-state index in [1.54, 1.807) is 0 Å². The first kappa shape index (κ1) is 6.84. The maximum absolute atomic E-state index is 4.14. The van der Waals surface area contributed by atoms with Gasteiger partial charge in [0.05, 0.1) is 0 Å². The summed E-state index contributed by atoms with van der Waals surface area (Å²) < 4.78 is 0. The standard InChI is InChI=1S/C10H13N/c1-7-5-9-3-4-11-6-10(9)8(7)2/h3-4,6-8H,5H2,1-2H3/t7-,8-/m1/s1. The van der Waals surface area contributed by atoms with Crippen molar-refractivity contribution in [3.05, 3.63) is 29.6 Å². The third-order valence-electron chi connectivity index (χ3n) is 2.83. The van der Waals surface area contributed by atoms with Gasteiger partial charge in [0.15, 0.2) is 0 Å². The van der Waals surface area contributed by atoms with Crippen molar-refractivity contribution in [1.82, 2.24) is 4.98 Å². The molecule has 0 saturated heterocycles. The van der Waals surface area contributed by atoms with Gasteiger partial charge in [-0.1, -0.05) is 13.8 Å². The third kappa shape index (κ3) is 0.953. The average molecular weight is 147 g/mol. The summed E-state index contributed by atoms with van der Waals surface area (Å²) in [6, 6.07) is 2.15. The Kier molecular flexibility index (Phi) is 1.45. The molecule has 11 heavy (non-hydrogen) atoms. The molecule has 0 radical (unpaired) electrons. The molecule has 0 aliphatic heterocycles. The van der Waals surface area contributed by atoms with E-state index in [4.69, 9.17) is 0 Å². The minimum atomic E-state index is 0.707. The normalized spacial score (nSPS) is 28.5. The summed E-state index contributed by atoms with van der Waals surface area (Å²) in [4.78, 5) is 4.14. The van der Waals surface area contributed by atoms with Crippen LogP contribution in [0.1, 0.15) is 30.9 Å². The van der Waals surface area contributed by atoms with E-state index in [0.29, 0.717) is 5.92 Å². The molecule has 1 nitrogen and oxygen atoms in total. The summed E-state index contributed by atoms with van der Waals surface area (Å²) in [5.74, 6) is 1.51. The fourth-order valence-electron chi connectivity index (χ4n) is 1.86. The molecular weight excluding hydrogens is 134 g/mol. The highest BCUT2D eigenvalue weighted by atomic mass is 14.6. The molecule has 58 valence electrons. The van der Waals surface area contributed by atoms with Crippen molar-refractivity contribution >= 4 is 0 Å². The summed E-state index contributed by atoms with van der Waals surface area (Å²) in [6.45, 7) is 4.60. The summed E-state index contributed by atoms with van der Waals surface area (Å²) in [7, 11) is 0. The minimum absolute atomic E-state index is 0.707. The molecule has 1 aliphatic carbocycles. The third-order valence-corrected chi connectivity index (χ3v) is 2.83. The average Bonchev–Trinajstić information content (AvgIpc) is 2.30. The van der Waals surface area contributed by atoms with Gasteiger partial charge in [-0.2, -0.15) is 0 Å². The molecule has 1 heteroatoms. The molecule has 1 aromatic heterocycles. The van der Waals surface area contributed by atoms with Crippen molar-refractivity contribution in [2.24, 2.45) is 5.92 Å². The van der Waals surface area contributed by atoms with Gasteiger partial charge in [-0.25, -0.2) is 0 Å². The lowest BCUT2D eigenvalue weighted by Gasteiger charge is -2.07. The van der Waals surface area contributed by atoms with E-state index in [2.05, 4.69) is 24.9 Å². The summed E-state index contributed by atoms with van der Waals surface area (Å²) >= 11 is 0. The van der Waals surface area contributed by atoms with Gasteiger partial charge >= 0.3 is 0 Å². The monoisotopic (exact) mass is 147 g/mol. The van der Waals surface area contributed by atoms with Crippen LogP contribution < -0.4 is 0 Å². The fourth-order valence-corrected chi connectivity index (χ4v) is 1.86. The van der Waals surface area contributed by atoms with Crippen LogP contribution >= 0.6 is 0 Å². The van der Waals surface area contributed by atoms with Gasteiger partial charge < -0.3 is 0 Å². The van der Waals surface area contributed by atoms with Gasteiger partial charge in [0.2, 0.25) is 0 Å². The highest BCUT2D eigenvalue weighted by Gasteiger charge is 2.24. The van der Waals surface area contributed by atoms with E-state index in [1.165, 1.54) is 17.5 Å². The van der Waals surface area contributed by atoms with Crippen LogP contribution in [0.25, 0.3) is 0 Å². The number of rotatable bonds is 0. The Morgan fingerprint density at radius 2 is 2.27 bits per heavy atom. The second kappa shape index (κ2) is 2.33. The zero-order valence-corrected chi connectivity index (χ0v) is 7.04. The molecule has 1 heterocycles. The highest BCUT2D eigenvalue weighted by molar-refractivity contribution is 5.32. The molecule has 0 saturated carbocycles. The van der Waals surface area contributed by atoms with Crippen molar-refractivity contribution in [3.63, 3.8) is 0 Å². The molecule has 2 atom stereocenters. The summed E-state index contributed by atoms with van der Waals surface area (Å²) in [5, 5.41) is 0. The lowest BCUT2D eigenvalue weighted by Crippen LogP contribution is -1.97. The molecule has 2 rings (SSSR count). The first-order chi connectivity index (χ1) is 5.29. The number of aromatic nitrogens is 1. The Hall–Kier alpha value is -0.850. The van der Waals surface area contributed by atoms with Gasteiger partial charge in [-0.3, -0.25) is 4.98 Å². The predicted octanol–water partition coefficient (Wildman–Crippen LogP) is 2.38. The molecule has 1 aliphatic rings. The van der Waals surface area contributed by atoms with Gasteiger partial charge in [0.1, 0.15) is 0 Å². The summed E-state index contributed by atoms with van der Waals surface area (Å²) in [6.07, 6.45) is 5.14. The number of hydrogen-bond acceptors (Lipinski definition) is 1. The Morgan fingerprint density at radius 1 is 1.45 bits per heavy atom. The number of pyridine rings is 1. The summed E-state index contributed by atoms with van der Waals surface area (Å²) in [5.41, 5.74) is 2.96. The molecule has 1 aromatic rings. The van der Waals surface area contributed by atoms with Crippen LogP contribution in [0.4, 0.5) is 0 Å². The number of hydrogen-bond donors (Lipinski definition) is 0. The Balaban J connectivity index is 2.47. The highest BCUT2D eigenvalue weighted by Crippen LogP contribution is 2.36. The largest absolute Gasteiger partial charge is 0.264 e. The molecule has 0 N–H and O–H groups in total. The molecule has 0 bridgehead atoms. The Bertz CT molecular complexity index is 267. The van der Waals surface area contributed by atoms with Crippen LogP contribution in [0.2, 0.25) is 0 Å². The molecule has 0 aromatic carbocycles. The number of nitrogens with zero attached hydrogens (tertiary/aromatic N) is 1. The van der Waals surface area contributed by atoms with Crippen LogP contribution in [-0.2, 0) is 6.42 Å². The van der Waals surface area contributed by atoms with Crippen LogP contribution in [0.3, 0.4) is 0 Å². The van der Waals surface area contributed by atoms with Gasteiger partial charge in [-0.05, 0) is 35.4 Å². The predicted molar refractivity (Wildman–Crippen MR) is 45.5 cm³/mol. The molecule has 0 spiro atoms. The number of fused-ring (bicyclic) bond motifs is 1. The van der Waals surface area contributed by atoms with Crippen molar-refractivity contribution in [2.75, 3.05) is 0 Å². The van der Waals surface area contributed by atoms with Gasteiger partial charge in [0, 0.05) is 12.4 Å². The smallest absolute Gasteiger partial charge is 0.0305 e. The lowest BCUT2D eigenvalue weighted by atomic mass is 9.98. The maximum atomic E-state index is 4.14. The van der Waals surface area contributed by atoms with Crippen LogP contribution in [-0.4, -0.2) is 4.98 Å². The molecule has 0 amide bonds. The van der Waals surface area contributed by atoms with E-state index < -0.39 is 0 Å². The lowest BCUT2D eigenvalue weighted by molar-refractivity contribution is 0.531. The van der Waals surface area contributed by atoms with Crippen molar-refractivity contribution in [2.45, 2.75) is 26.2 Å². The van der Waals surface area contributed by atoms with Gasteiger partial charge in [0.25, 0.3) is 0 Å². The fraction of sp³-hybridized carbons (Fsp3) is 0.500. The Labute approximate surface area is 67.5 Å². The van der Waals surface area contributed by atoms with E-state index in [9.17, 15) is 0 Å². The molecule has 0 fully saturated rings. The maximum Gasteiger partial charge on any atom is 0.0305 e. The topological polar surface area (TPSA) is 12.9 Å². The van der Waals surface area contributed by atoms with Crippen molar-refractivity contribution in [1.29, 1.82) is 0 Å². The second-order valence-corrected chi connectivity index (χ2v) is 3.54.